The molecule has 30 heteroatoms. The molecule has 0 aliphatic carbocycles. The number of cyclic esters (lactones) is 2. The third-order valence-electron chi connectivity index (χ3n) is 29.3. The van der Waals surface area contributed by atoms with Crippen molar-refractivity contribution in [3.8, 4) is 0 Å². The molecule has 0 spiro atoms. The number of methoxy groups -OCH3 is 3. The Labute approximate surface area is 759 Å². The number of fused-ring (bicyclic) bond motifs is 1. The summed E-state index contributed by atoms with van der Waals surface area (Å²) >= 11 is 0. The molecule has 32 atom stereocenters. The molecule has 0 bridgehead atoms. The maximum Gasteiger partial charge on any atom is 0.422 e. The number of unbranched alkanes of at least 4 members (excludes halogenated alkanes) is 7. The molecule has 6 aliphatic rings. The van der Waals surface area contributed by atoms with Crippen LogP contribution in [0.25, 0.3) is 10.9 Å². The number of esters is 2. The molecule has 3 unspecified atom stereocenters. The number of benzene rings is 1. The maximum atomic E-state index is 14.9. The van der Waals surface area contributed by atoms with Gasteiger partial charge < -0.3 is 97.0 Å². The SMILES string of the molecule is CCCCCCCCCCN1CCCC(O/N=C2\[C@H](C)C[C@@](C)(OC)[C@H](O[C@@H]3O[C@H](C)C[C@H](N(C)C)[C@H]3O)[C@@H](C)C(=O)[C@@H](C)C(=O)O[C@H](CC)[C@@](C)(O)[C@H](O)[C@H]2C)C1.CC[C@H]1OC(=O)[C@H](C)C(OC2C[C@@](C)(OC)[C@@H](O)[C@H](C)O2)[C@H](C)[C@@H](O[C@@H]2O[C@H](C)C[C@H](N(C)C)[C@H]2O)[C@](C)(OC)C[C@@H](C)C(=O)[C@H](C)[C@@H](C)[C@]1(C)OC(=O)NNCCCc1ccnc2ccccc12. The number of aliphatic hydroxyl groups excluding tert-OH is 4. The van der Waals surface area contributed by atoms with Crippen molar-refractivity contribution in [2.24, 2.45) is 58.4 Å². The Kier molecular flexibility index (Phi) is 42.3. The van der Waals surface area contributed by atoms with E-state index >= 15 is 0 Å². The topological polar surface area (TPSA) is 366 Å². The molecule has 7 heterocycles. The predicted molar refractivity (Wildman–Crippen MR) is 486 cm³/mol. The largest absolute Gasteiger partial charge is 0.459 e. The fourth-order valence-corrected chi connectivity index (χ4v) is 20.5. The summed E-state index contributed by atoms with van der Waals surface area (Å²) in [7, 11) is 12.2. The highest BCUT2D eigenvalue weighted by molar-refractivity contribution is 6.00. The first-order valence-corrected chi connectivity index (χ1v) is 47.6. The number of hydrogen-bond acceptors (Lipinski definition) is 29. The van der Waals surface area contributed by atoms with E-state index in [9.17, 15) is 49.5 Å². The number of aromatic nitrogens is 1. The van der Waals surface area contributed by atoms with Crippen LogP contribution in [-0.4, -0.2) is 295 Å². The van der Waals surface area contributed by atoms with Crippen LogP contribution in [0.2, 0.25) is 0 Å². The predicted octanol–water partition coefficient (Wildman–Crippen LogP) is 12.3. The van der Waals surface area contributed by atoms with Crippen LogP contribution in [0.1, 0.15) is 260 Å². The van der Waals surface area contributed by atoms with E-state index in [1.165, 1.54) is 65.9 Å². The van der Waals surface area contributed by atoms with Crippen molar-refractivity contribution in [1.29, 1.82) is 0 Å². The zero-order chi connectivity index (χ0) is 94.5. The van der Waals surface area contributed by atoms with Crippen LogP contribution in [-0.2, 0) is 87.3 Å². The molecule has 0 saturated carbocycles. The number of carbonyl (C=O) groups excluding carboxylic acids is 5. The summed E-state index contributed by atoms with van der Waals surface area (Å²) in [4.78, 5) is 88.6. The normalized spacial score (nSPS) is 39.7. The van der Waals surface area contributed by atoms with Crippen LogP contribution >= 0.6 is 0 Å². The lowest BCUT2D eigenvalue weighted by Gasteiger charge is -2.50. The van der Waals surface area contributed by atoms with E-state index in [2.05, 4.69) is 27.7 Å². The third-order valence-corrected chi connectivity index (χ3v) is 29.3. The minimum atomic E-state index is -1.88. The number of carbonyl (C=O) groups is 5. The number of piperidine rings is 1. The van der Waals surface area contributed by atoms with E-state index in [4.69, 9.17) is 66.8 Å². The Morgan fingerprint density at radius 2 is 1.18 bits per heavy atom. The van der Waals surface area contributed by atoms with Crippen LogP contribution in [0.15, 0.2) is 41.7 Å². The highest BCUT2D eigenvalue weighted by Gasteiger charge is 2.57. The first-order valence-electron chi connectivity index (χ1n) is 47.6. The van der Waals surface area contributed by atoms with Crippen LogP contribution in [0.4, 0.5) is 4.79 Å². The Hall–Kier alpha value is -5.07. The number of likely N-dealkylation sites (N-methyl/N-ethyl adjacent to an activating group) is 2. The van der Waals surface area contributed by atoms with Gasteiger partial charge in [0.05, 0.1) is 76.7 Å². The Morgan fingerprint density at radius 1 is 0.622 bits per heavy atom. The molecular formula is C97H167N7O23. The molecule has 127 heavy (non-hydrogen) atoms. The summed E-state index contributed by atoms with van der Waals surface area (Å²) in [5, 5.41) is 64.2. The highest BCUT2D eigenvalue weighted by Crippen LogP contribution is 2.46. The summed E-state index contributed by atoms with van der Waals surface area (Å²) in [6.45, 7) is 39.3. The molecule has 8 rings (SSSR count). The number of nitrogens with zero attached hydrogens (tertiary/aromatic N) is 5. The van der Waals surface area contributed by atoms with Gasteiger partial charge in [-0.15, -0.1) is 0 Å². The number of oxime groups is 1. The molecule has 1 aromatic carbocycles. The number of pyridine rings is 1. The number of para-hydroxylation sites is 1. The monoisotopic (exact) mass is 1800 g/mol. The molecule has 2 aromatic rings. The van der Waals surface area contributed by atoms with Gasteiger partial charge in [-0.05, 0) is 199 Å². The molecule has 7 N–H and O–H groups in total. The van der Waals surface area contributed by atoms with Crippen LogP contribution in [0, 0.1) is 53.3 Å². The standard InChI is InChI=1S/C52H84N4O13.C45H83N3O10/c1-16-40-52(11,69-49(61)55-54-24-19-20-36-23-25-53-38-22-18-17-21-37(36)38)34(7)31(4)42(57)29(2)27-51(10,63-15)46(68-48-43(58)39(56(12)13)26-30(3)64-48)32(5)44(33(6)47(60)66-40)67-41-28-50(9,62-14)45(59)35(8)65-41;1-13-15-16-17-18-19-20-21-24-48-25-22-23-34(28-48)58-46-37-29(3)27-44(8,54-12)41(57-43-39(50)35(47(10)11)26-30(4)55-43)32(6)38(49)33(7)42(52)56-36(14-2)45(9,53)40(51)31(37)5/h17-18,21-23,25,29-35,39-41,43-46,48,54,58-59H,16,19-20,24,26-28H2,1-15H3,(H,55,61);29-36,39-41,43,50-51,53H,13-28H2,1-12H3/b;46-37+/t29-,30-,31-,32+,33-,34-,35+,39+,40-,41?,43-,44?,45+,46-,48+,50-,51-,52+;29-,30-,31+,32+,33-,34?,35+,36-,39-,40-,41-,43+,44-,45-/m11/s1. The van der Waals surface area contributed by atoms with Gasteiger partial charge in [0.15, 0.2) is 30.3 Å². The minimum absolute atomic E-state index is 0.119. The average molecular weight is 1800 g/mol. The van der Waals surface area contributed by atoms with Crippen molar-refractivity contribution in [1.82, 2.24) is 30.5 Å². The maximum absolute atomic E-state index is 14.9. The van der Waals surface area contributed by atoms with E-state index in [1.807, 2.05) is 138 Å². The second-order valence-electron chi connectivity index (χ2n) is 39.6. The van der Waals surface area contributed by atoms with Crippen LogP contribution < -0.4 is 10.9 Å². The summed E-state index contributed by atoms with van der Waals surface area (Å²) in [5.74, 6) is -9.04. The number of likely N-dealkylation sites (tertiary alicyclic amines) is 1. The number of aryl methyl sites for hydroxylation is 1. The number of rotatable bonds is 30. The van der Waals surface area contributed by atoms with Gasteiger partial charge in [-0.2, -0.15) is 0 Å². The van der Waals surface area contributed by atoms with Crippen molar-refractivity contribution in [2.45, 2.75) is 399 Å². The number of Topliss-reactive ketones (excluding diaryl/α,β-unsaturated/α-hetero) is 2. The van der Waals surface area contributed by atoms with Crippen LogP contribution in [0.5, 0.6) is 0 Å². The lowest BCUT2D eigenvalue weighted by Crippen LogP contribution is -2.61. The molecular weight excluding hydrogens is 1630 g/mol. The molecule has 6 aliphatic heterocycles. The lowest BCUT2D eigenvalue weighted by molar-refractivity contribution is -0.319. The number of hydrogen-bond donors (Lipinski definition) is 7. The van der Waals surface area contributed by atoms with E-state index < -0.39 is 185 Å². The fourth-order valence-electron chi connectivity index (χ4n) is 20.5. The molecule has 728 valence electrons. The molecule has 1 aromatic heterocycles. The summed E-state index contributed by atoms with van der Waals surface area (Å²) in [6.07, 6.45) is 2.53. The number of hydrazine groups is 1. The third kappa shape index (κ3) is 27.8. The van der Waals surface area contributed by atoms with E-state index in [0.717, 1.165) is 61.8 Å². The number of ether oxygens (including phenoxy) is 12. The quantitative estimate of drug-likeness (QED) is 0.0126. The average Bonchev–Trinajstić information content (AvgIpc) is 0.768. The second kappa shape index (κ2) is 49.2. The van der Waals surface area contributed by atoms with Crippen molar-refractivity contribution in [3.63, 3.8) is 0 Å². The number of aliphatic hydroxyl groups is 5. The summed E-state index contributed by atoms with van der Waals surface area (Å²) in [5.41, 5.74) is 1.36. The van der Waals surface area contributed by atoms with Crippen LogP contribution in [0.3, 0.4) is 0 Å². The van der Waals surface area contributed by atoms with E-state index in [-0.39, 0.29) is 68.3 Å². The van der Waals surface area contributed by atoms with E-state index in [1.54, 1.807) is 68.9 Å². The number of ketones is 2. The first kappa shape index (κ1) is 109. The van der Waals surface area contributed by atoms with E-state index in [0.29, 0.717) is 31.5 Å². The van der Waals surface area contributed by atoms with Crippen molar-refractivity contribution >= 4 is 46.2 Å². The van der Waals surface area contributed by atoms with Gasteiger partial charge in [0.2, 0.25) is 0 Å². The highest BCUT2D eigenvalue weighted by atomic mass is 16.7. The first-order chi connectivity index (χ1) is 59.8. The Balaban J connectivity index is 0.000000354. The van der Waals surface area contributed by atoms with Gasteiger partial charge >= 0.3 is 18.0 Å². The Morgan fingerprint density at radius 3 is 1.76 bits per heavy atom. The van der Waals surface area contributed by atoms with Crippen molar-refractivity contribution < 1.29 is 111 Å². The minimum Gasteiger partial charge on any atom is -0.459 e. The Bertz CT molecular complexity index is 3750. The van der Waals surface area contributed by atoms with Gasteiger partial charge in [-0.3, -0.25) is 34.5 Å². The molecule has 0 radical (unpaired) electrons. The summed E-state index contributed by atoms with van der Waals surface area (Å²) < 4.78 is 76.6. The second-order valence-corrected chi connectivity index (χ2v) is 39.6. The number of nitrogens with one attached hydrogen (secondary N) is 2. The van der Waals surface area contributed by atoms with Gasteiger partial charge in [0, 0.05) is 106 Å². The van der Waals surface area contributed by atoms with Gasteiger partial charge in [-0.1, -0.05) is 138 Å². The molecule has 30 nitrogen and oxygen atoms in total. The molecule has 6 saturated heterocycles. The fraction of sp³-hybridized carbons (Fsp3) is 0.845. The summed E-state index contributed by atoms with van der Waals surface area (Å²) in [6, 6.07) is 9.41. The zero-order valence-electron chi connectivity index (χ0n) is 82.1. The number of amides is 1. The zero-order valence-corrected chi connectivity index (χ0v) is 82.1. The van der Waals surface area contributed by atoms with Gasteiger partial charge in [0.25, 0.3) is 0 Å². The molecule has 6 fully saturated rings. The lowest BCUT2D eigenvalue weighted by atomic mass is 9.71. The van der Waals surface area contributed by atoms with Crippen molar-refractivity contribution in [2.75, 3.05) is 75.7 Å². The van der Waals surface area contributed by atoms with Gasteiger partial charge in [0.1, 0.15) is 53.9 Å². The van der Waals surface area contributed by atoms with Crippen molar-refractivity contribution in [3.05, 3.63) is 42.1 Å². The smallest absolute Gasteiger partial charge is 0.422 e. The van der Waals surface area contributed by atoms with Gasteiger partial charge in [-0.25, -0.2) is 10.2 Å². The molecule has 1 amide bonds.